The second-order valence-electron chi connectivity index (χ2n) is 5.24. The zero-order valence-electron chi connectivity index (χ0n) is 11.8. The molecule has 1 heterocycles. The van der Waals surface area contributed by atoms with Gasteiger partial charge >= 0.3 is 0 Å². The highest BCUT2D eigenvalue weighted by atomic mass is 79.9. The van der Waals surface area contributed by atoms with Gasteiger partial charge in [0.15, 0.2) is 0 Å². The topological polar surface area (TPSA) is 41.1 Å². The van der Waals surface area contributed by atoms with Crippen LogP contribution in [0, 0.1) is 11.7 Å². The monoisotopic (exact) mass is 378 g/mol. The SMILES string of the molecule is Cl.O=C(CCC1CCNCC1)NCc1cc(F)ccc1Br. The third kappa shape index (κ3) is 6.32. The molecule has 1 aliphatic rings. The van der Waals surface area contributed by atoms with Crippen LogP contribution >= 0.6 is 28.3 Å². The largest absolute Gasteiger partial charge is 0.352 e. The average molecular weight is 380 g/mol. The Hall–Kier alpha value is -0.650. The number of nitrogens with one attached hydrogen (secondary N) is 2. The van der Waals surface area contributed by atoms with Crippen molar-refractivity contribution in [1.82, 2.24) is 10.6 Å². The van der Waals surface area contributed by atoms with Gasteiger partial charge < -0.3 is 10.6 Å². The van der Waals surface area contributed by atoms with Crippen LogP contribution in [0.5, 0.6) is 0 Å². The maximum Gasteiger partial charge on any atom is 0.220 e. The van der Waals surface area contributed by atoms with Gasteiger partial charge in [-0.2, -0.15) is 0 Å². The second kappa shape index (κ2) is 9.38. The minimum absolute atomic E-state index is 0. The van der Waals surface area contributed by atoms with E-state index in [4.69, 9.17) is 0 Å². The fourth-order valence-electron chi connectivity index (χ4n) is 2.47. The first kappa shape index (κ1) is 18.4. The maximum atomic E-state index is 13.1. The van der Waals surface area contributed by atoms with Gasteiger partial charge in [-0.1, -0.05) is 15.9 Å². The van der Waals surface area contributed by atoms with E-state index in [0.717, 1.165) is 42.4 Å². The van der Waals surface area contributed by atoms with E-state index in [1.807, 2.05) is 0 Å². The summed E-state index contributed by atoms with van der Waals surface area (Å²) in [6, 6.07) is 4.50. The lowest BCUT2D eigenvalue weighted by molar-refractivity contribution is -0.121. The lowest BCUT2D eigenvalue weighted by Crippen LogP contribution is -2.29. The Morgan fingerprint density at radius 2 is 2.10 bits per heavy atom. The van der Waals surface area contributed by atoms with Gasteiger partial charge in [-0.05, 0) is 62.0 Å². The predicted molar refractivity (Wildman–Crippen MR) is 88.0 cm³/mol. The molecule has 0 aliphatic carbocycles. The quantitative estimate of drug-likeness (QED) is 0.823. The van der Waals surface area contributed by atoms with Crippen molar-refractivity contribution in [3.63, 3.8) is 0 Å². The Bertz CT molecular complexity index is 467. The van der Waals surface area contributed by atoms with E-state index >= 15 is 0 Å². The summed E-state index contributed by atoms with van der Waals surface area (Å²) in [7, 11) is 0. The molecule has 0 spiro atoms. The Morgan fingerprint density at radius 3 is 2.81 bits per heavy atom. The van der Waals surface area contributed by atoms with E-state index in [0.29, 0.717) is 18.9 Å². The minimum Gasteiger partial charge on any atom is -0.352 e. The first-order chi connectivity index (χ1) is 9.65. The molecular formula is C15H21BrClFN2O. The first-order valence-electron chi connectivity index (χ1n) is 7.06. The molecule has 0 unspecified atom stereocenters. The van der Waals surface area contributed by atoms with Crippen LogP contribution in [-0.2, 0) is 11.3 Å². The van der Waals surface area contributed by atoms with Crippen molar-refractivity contribution in [1.29, 1.82) is 0 Å². The van der Waals surface area contributed by atoms with Crippen molar-refractivity contribution in [3.8, 4) is 0 Å². The number of piperidine rings is 1. The van der Waals surface area contributed by atoms with Crippen molar-refractivity contribution in [2.75, 3.05) is 13.1 Å². The number of amides is 1. The van der Waals surface area contributed by atoms with E-state index in [9.17, 15) is 9.18 Å². The van der Waals surface area contributed by atoms with Crippen LogP contribution in [0.25, 0.3) is 0 Å². The normalized spacial score (nSPS) is 15.3. The van der Waals surface area contributed by atoms with E-state index in [-0.39, 0.29) is 24.1 Å². The summed E-state index contributed by atoms with van der Waals surface area (Å²) in [5.41, 5.74) is 0.764. The molecule has 0 atom stereocenters. The van der Waals surface area contributed by atoms with E-state index in [1.165, 1.54) is 12.1 Å². The molecule has 0 bridgehead atoms. The lowest BCUT2D eigenvalue weighted by Gasteiger charge is -2.22. The van der Waals surface area contributed by atoms with Crippen LogP contribution in [0.15, 0.2) is 22.7 Å². The third-order valence-electron chi connectivity index (χ3n) is 3.72. The number of halogens is 3. The zero-order valence-corrected chi connectivity index (χ0v) is 14.2. The summed E-state index contributed by atoms with van der Waals surface area (Å²) >= 11 is 3.36. The Morgan fingerprint density at radius 1 is 1.38 bits per heavy atom. The molecule has 21 heavy (non-hydrogen) atoms. The number of hydrogen-bond donors (Lipinski definition) is 2. The van der Waals surface area contributed by atoms with Crippen LogP contribution < -0.4 is 10.6 Å². The van der Waals surface area contributed by atoms with E-state index in [2.05, 4.69) is 26.6 Å². The van der Waals surface area contributed by atoms with Gasteiger partial charge in [0, 0.05) is 17.4 Å². The number of benzene rings is 1. The second-order valence-corrected chi connectivity index (χ2v) is 6.10. The van der Waals surface area contributed by atoms with Crippen molar-refractivity contribution >= 4 is 34.2 Å². The Kier molecular flexibility index (Phi) is 8.22. The first-order valence-corrected chi connectivity index (χ1v) is 7.86. The van der Waals surface area contributed by atoms with Gasteiger partial charge in [-0.3, -0.25) is 4.79 Å². The minimum atomic E-state index is -0.285. The smallest absolute Gasteiger partial charge is 0.220 e. The molecule has 1 aromatic carbocycles. The fraction of sp³-hybridized carbons (Fsp3) is 0.533. The molecule has 3 nitrogen and oxygen atoms in total. The lowest BCUT2D eigenvalue weighted by atomic mass is 9.93. The highest BCUT2D eigenvalue weighted by Crippen LogP contribution is 2.19. The molecule has 1 saturated heterocycles. The van der Waals surface area contributed by atoms with Gasteiger partial charge in [-0.25, -0.2) is 4.39 Å². The molecule has 2 rings (SSSR count). The molecule has 1 fully saturated rings. The summed E-state index contributed by atoms with van der Waals surface area (Å²) in [5.74, 6) is 0.412. The zero-order chi connectivity index (χ0) is 14.4. The molecule has 6 heteroatoms. The summed E-state index contributed by atoms with van der Waals surface area (Å²) in [4.78, 5) is 11.8. The van der Waals surface area contributed by atoms with Gasteiger partial charge in [-0.15, -0.1) is 12.4 Å². The average Bonchev–Trinajstić information content (AvgIpc) is 2.47. The van der Waals surface area contributed by atoms with Crippen LogP contribution in [0.4, 0.5) is 4.39 Å². The molecule has 0 radical (unpaired) electrons. The maximum absolute atomic E-state index is 13.1. The summed E-state index contributed by atoms with van der Waals surface area (Å²) in [6.07, 6.45) is 3.81. The van der Waals surface area contributed by atoms with Crippen LogP contribution in [-0.4, -0.2) is 19.0 Å². The third-order valence-corrected chi connectivity index (χ3v) is 4.50. The fourth-order valence-corrected chi connectivity index (χ4v) is 2.85. The van der Waals surface area contributed by atoms with E-state index < -0.39 is 0 Å². The highest BCUT2D eigenvalue weighted by molar-refractivity contribution is 9.10. The van der Waals surface area contributed by atoms with Crippen molar-refractivity contribution in [3.05, 3.63) is 34.1 Å². The number of carbonyl (C=O) groups excluding carboxylic acids is 1. The highest BCUT2D eigenvalue weighted by Gasteiger charge is 2.14. The predicted octanol–water partition coefficient (Wildman–Crippen LogP) is 3.41. The molecular weight excluding hydrogens is 359 g/mol. The van der Waals surface area contributed by atoms with Gasteiger partial charge in [0.2, 0.25) is 5.91 Å². The molecule has 1 amide bonds. The number of rotatable bonds is 5. The molecule has 1 aliphatic heterocycles. The van der Waals surface area contributed by atoms with E-state index in [1.54, 1.807) is 6.07 Å². The summed E-state index contributed by atoms with van der Waals surface area (Å²) in [6.45, 7) is 2.48. The molecule has 2 N–H and O–H groups in total. The van der Waals surface area contributed by atoms with Crippen molar-refractivity contribution in [2.24, 2.45) is 5.92 Å². The van der Waals surface area contributed by atoms with Crippen LogP contribution in [0.3, 0.4) is 0 Å². The van der Waals surface area contributed by atoms with Gasteiger partial charge in [0.1, 0.15) is 5.82 Å². The van der Waals surface area contributed by atoms with Crippen LogP contribution in [0.2, 0.25) is 0 Å². The Balaban J connectivity index is 0.00000220. The number of carbonyl (C=O) groups is 1. The molecule has 0 saturated carbocycles. The standard InChI is InChI=1S/C15H20BrFN2O.ClH/c16-14-3-2-13(17)9-12(14)10-19-15(20)4-1-11-5-7-18-8-6-11;/h2-3,9,11,18H,1,4-8,10H2,(H,19,20);1H. The summed E-state index contributed by atoms with van der Waals surface area (Å²) < 4.78 is 13.9. The van der Waals surface area contributed by atoms with Gasteiger partial charge in [0.05, 0.1) is 0 Å². The van der Waals surface area contributed by atoms with Crippen molar-refractivity contribution in [2.45, 2.75) is 32.2 Å². The van der Waals surface area contributed by atoms with Crippen molar-refractivity contribution < 1.29 is 9.18 Å². The summed E-state index contributed by atoms with van der Waals surface area (Å²) in [5, 5.41) is 6.17. The molecule has 0 aromatic heterocycles. The Labute approximate surface area is 139 Å². The van der Waals surface area contributed by atoms with Gasteiger partial charge in [0.25, 0.3) is 0 Å². The number of hydrogen-bond acceptors (Lipinski definition) is 2. The van der Waals surface area contributed by atoms with Crippen LogP contribution in [0.1, 0.15) is 31.2 Å². The molecule has 1 aromatic rings. The molecule has 118 valence electrons.